The van der Waals surface area contributed by atoms with Crippen LogP contribution in [0.4, 0.5) is 5.95 Å². The quantitative estimate of drug-likeness (QED) is 0.536. The minimum atomic E-state index is -3.62. The molecule has 2 bridgehead atoms. The molecule has 2 aromatic heterocycles. The van der Waals surface area contributed by atoms with Crippen molar-refractivity contribution in [2.75, 3.05) is 12.3 Å². The molecule has 2 aliphatic rings. The van der Waals surface area contributed by atoms with Crippen LogP contribution in [0.2, 0.25) is 0 Å². The lowest BCUT2D eigenvalue weighted by molar-refractivity contribution is -0.182. The van der Waals surface area contributed by atoms with Crippen molar-refractivity contribution >= 4 is 35.6 Å². The molecule has 2 aromatic rings. The summed E-state index contributed by atoms with van der Waals surface area (Å²) in [7, 11) is 0. The molecule has 0 spiro atoms. The van der Waals surface area contributed by atoms with Crippen molar-refractivity contribution in [2.24, 2.45) is 5.41 Å². The molecule has 2 fully saturated rings. The number of imidazole rings is 1. The molecule has 2 aliphatic heterocycles. The van der Waals surface area contributed by atoms with Crippen molar-refractivity contribution in [3.8, 4) is 0 Å². The molecule has 0 saturated carbocycles. The number of fused-ring (bicyclic) bond motifs is 3. The maximum atomic E-state index is 12.2. The first kappa shape index (κ1) is 23.7. The van der Waals surface area contributed by atoms with Gasteiger partial charge in [-0.3, -0.25) is 18.9 Å². The molecule has 4 N–H and O–H groups in total. The lowest BCUT2D eigenvalue weighted by atomic mass is 9.80. The summed E-state index contributed by atoms with van der Waals surface area (Å²) in [5.41, 5.74) is 3.98. The third kappa shape index (κ3) is 4.50. The monoisotopic (exact) mass is 487 g/mol. The van der Waals surface area contributed by atoms with Crippen LogP contribution in [0.15, 0.2) is 11.1 Å². The van der Waals surface area contributed by atoms with E-state index in [0.29, 0.717) is 6.42 Å². The molecule has 2 saturated heterocycles. The number of nitrogen functional groups attached to an aromatic ring is 1. The van der Waals surface area contributed by atoms with E-state index in [-0.39, 0.29) is 29.1 Å². The number of aromatic amines is 1. The first-order valence-electron chi connectivity index (χ1n) is 10.3. The number of anilines is 1. The first-order valence-corrected chi connectivity index (χ1v) is 12.9. The number of nitrogens with one attached hydrogen (secondary N) is 1. The van der Waals surface area contributed by atoms with Crippen molar-refractivity contribution in [3.63, 3.8) is 0 Å². The summed E-state index contributed by atoms with van der Waals surface area (Å²) in [5.74, 6) is -0.0324. The van der Waals surface area contributed by atoms with E-state index < -0.39 is 41.9 Å². The fourth-order valence-electron chi connectivity index (χ4n) is 4.45. The predicted octanol–water partition coefficient (Wildman–Crippen LogP) is 2.22. The van der Waals surface area contributed by atoms with E-state index >= 15 is 0 Å². The molecule has 0 radical (unpaired) electrons. The van der Waals surface area contributed by atoms with E-state index in [0.717, 1.165) is 0 Å². The van der Waals surface area contributed by atoms with Crippen LogP contribution in [0.1, 0.15) is 54.2 Å². The Morgan fingerprint density at radius 2 is 2.09 bits per heavy atom. The number of H-pyrrole nitrogens is 1. The Morgan fingerprint density at radius 3 is 2.72 bits per heavy atom. The fourth-order valence-corrected chi connectivity index (χ4v) is 6.73. The van der Waals surface area contributed by atoms with Gasteiger partial charge < -0.3 is 24.6 Å². The van der Waals surface area contributed by atoms with Crippen molar-refractivity contribution in [2.45, 2.75) is 77.6 Å². The number of aromatic nitrogens is 4. The van der Waals surface area contributed by atoms with Gasteiger partial charge >= 0.3 is 6.72 Å². The Kier molecular flexibility index (Phi) is 5.61. The Morgan fingerprint density at radius 1 is 1.41 bits per heavy atom. The van der Waals surface area contributed by atoms with Crippen molar-refractivity contribution in [1.82, 2.24) is 19.5 Å². The molecule has 5 atom stereocenters. The van der Waals surface area contributed by atoms with Gasteiger partial charge in [-0.25, -0.2) is 4.98 Å². The van der Waals surface area contributed by atoms with Gasteiger partial charge in [0.25, 0.3) is 5.56 Å². The van der Waals surface area contributed by atoms with Crippen LogP contribution >= 0.6 is 6.72 Å². The molecule has 1 unspecified atom stereocenters. The Labute approximate surface area is 190 Å². The van der Waals surface area contributed by atoms with Crippen molar-refractivity contribution in [3.05, 3.63) is 16.7 Å². The number of nitrogens with two attached hydrogens (primary N) is 1. The van der Waals surface area contributed by atoms with Gasteiger partial charge in [-0.1, -0.05) is 20.8 Å². The van der Waals surface area contributed by atoms with Gasteiger partial charge in [0.15, 0.2) is 17.4 Å². The summed E-state index contributed by atoms with van der Waals surface area (Å²) in [5, 5.41) is 0. The van der Waals surface area contributed by atoms with Gasteiger partial charge in [0.2, 0.25) is 5.95 Å². The summed E-state index contributed by atoms with van der Waals surface area (Å²) >= 11 is 5.32. The highest BCUT2D eigenvalue weighted by Crippen LogP contribution is 2.58. The molecule has 4 heterocycles. The average Bonchev–Trinajstić information content (AvgIpc) is 3.20. The first-order chi connectivity index (χ1) is 14.6. The molecule has 0 amide bonds. The Bertz CT molecular complexity index is 1140. The second-order valence-electron chi connectivity index (χ2n) is 10.6. The maximum Gasteiger partial charge on any atom is 0.325 e. The Hall–Kier alpha value is -1.40. The second kappa shape index (κ2) is 7.56. The highest BCUT2D eigenvalue weighted by atomic mass is 32.5. The topological polar surface area (TPSA) is 147 Å². The van der Waals surface area contributed by atoms with Crippen LogP contribution < -0.4 is 11.3 Å². The van der Waals surface area contributed by atoms with Gasteiger partial charge in [0.1, 0.15) is 17.8 Å². The zero-order chi connectivity index (χ0) is 23.7. The predicted molar refractivity (Wildman–Crippen MR) is 121 cm³/mol. The van der Waals surface area contributed by atoms with E-state index in [9.17, 15) is 9.69 Å². The highest BCUT2D eigenvalue weighted by Gasteiger charge is 2.65. The van der Waals surface area contributed by atoms with Crippen LogP contribution in [0, 0.1) is 5.41 Å². The summed E-state index contributed by atoms with van der Waals surface area (Å²) in [6, 6.07) is 0. The number of ether oxygens (including phenoxy) is 2. The molecule has 0 aromatic carbocycles. The highest BCUT2D eigenvalue weighted by molar-refractivity contribution is 8.07. The number of rotatable bonds is 5. The van der Waals surface area contributed by atoms with Gasteiger partial charge in [0.05, 0.1) is 18.5 Å². The van der Waals surface area contributed by atoms with Crippen molar-refractivity contribution < 1.29 is 23.4 Å². The van der Waals surface area contributed by atoms with Gasteiger partial charge in [0, 0.05) is 0 Å². The zero-order valence-corrected chi connectivity index (χ0v) is 20.7. The smallest absolute Gasteiger partial charge is 0.325 e. The summed E-state index contributed by atoms with van der Waals surface area (Å²) in [6.07, 6.45) is 0.00536. The van der Waals surface area contributed by atoms with Crippen LogP contribution in [0.3, 0.4) is 0 Å². The van der Waals surface area contributed by atoms with Crippen LogP contribution in [0.25, 0.3) is 11.2 Å². The van der Waals surface area contributed by atoms with Crippen LogP contribution in [-0.4, -0.2) is 54.4 Å². The van der Waals surface area contributed by atoms with Crippen LogP contribution in [-0.2, 0) is 30.3 Å². The summed E-state index contributed by atoms with van der Waals surface area (Å²) in [6.45, 7) is 8.28. The normalized spacial score (nSPS) is 30.2. The lowest BCUT2D eigenvalue weighted by Gasteiger charge is -2.37. The third-order valence-electron chi connectivity index (χ3n) is 5.16. The standard InChI is InChI=1S/C19H30N5O6PS/c1-17(2,3)7-19-8-27-11(12(19)29-31(26,32)30-18(4,5)6)15(28-19)24-9-21-10-13(24)22-16(20)23-14(10)25/h9,11-12,15H,7-8H2,1-6H3,(H,26,32)(H3,20,22,23,25)/t11-,12+,15-,19+,31?/m1/s1. The van der Waals surface area contributed by atoms with Crippen molar-refractivity contribution in [1.29, 1.82) is 0 Å². The summed E-state index contributed by atoms with van der Waals surface area (Å²) < 4.78 is 26.0. The fraction of sp³-hybridized carbons (Fsp3) is 0.737. The maximum absolute atomic E-state index is 12.2. The van der Waals surface area contributed by atoms with E-state index in [1.165, 1.54) is 6.33 Å². The van der Waals surface area contributed by atoms with Gasteiger partial charge in [-0.05, 0) is 44.4 Å². The van der Waals surface area contributed by atoms with Gasteiger partial charge in [-0.2, -0.15) is 4.98 Å². The van der Waals surface area contributed by atoms with E-state index in [1.807, 2.05) is 0 Å². The molecular formula is C19H30N5O6PS. The molecular weight excluding hydrogens is 457 g/mol. The SMILES string of the molecule is CC(C)(C)C[C@@]12CO[C@@H]([C@H](n3cnc4c(=O)[nH]c(N)nc43)O1)[C@@H]2OP(O)(=S)OC(C)(C)C. The minimum Gasteiger partial charge on any atom is -0.369 e. The summed E-state index contributed by atoms with van der Waals surface area (Å²) in [4.78, 5) is 33.9. The molecule has 4 rings (SSSR count). The molecule has 0 aliphatic carbocycles. The number of hydrogen-bond donors (Lipinski definition) is 3. The number of nitrogens with zero attached hydrogens (tertiary/aromatic N) is 3. The Balaban J connectivity index is 1.74. The van der Waals surface area contributed by atoms with Gasteiger partial charge in [-0.15, -0.1) is 0 Å². The largest absolute Gasteiger partial charge is 0.369 e. The van der Waals surface area contributed by atoms with E-state index in [2.05, 4.69) is 35.7 Å². The molecule has 11 nitrogen and oxygen atoms in total. The molecule has 32 heavy (non-hydrogen) atoms. The molecule has 178 valence electrons. The molecule has 13 heteroatoms. The number of hydrogen-bond acceptors (Lipinski definition) is 9. The van der Waals surface area contributed by atoms with E-state index in [4.69, 9.17) is 36.1 Å². The second-order valence-corrected chi connectivity index (χ2v) is 13.3. The average molecular weight is 488 g/mol. The third-order valence-corrected chi connectivity index (χ3v) is 6.92. The zero-order valence-electron chi connectivity index (χ0n) is 19.0. The van der Waals surface area contributed by atoms with E-state index in [1.54, 1.807) is 25.3 Å². The lowest BCUT2D eigenvalue weighted by Crippen LogP contribution is -2.44. The van der Waals surface area contributed by atoms with Crippen LogP contribution in [0.5, 0.6) is 0 Å². The minimum absolute atomic E-state index is 0.0324.